The van der Waals surface area contributed by atoms with Gasteiger partial charge >= 0.3 is 0 Å². The van der Waals surface area contributed by atoms with Gasteiger partial charge in [-0.25, -0.2) is 4.52 Å². The Morgan fingerprint density at radius 2 is 2.06 bits per heavy atom. The van der Waals surface area contributed by atoms with Crippen molar-refractivity contribution in [2.24, 2.45) is 7.05 Å². The first-order chi connectivity index (χ1) is 17.4. The van der Waals surface area contributed by atoms with E-state index in [1.165, 1.54) is 11.3 Å². The van der Waals surface area contributed by atoms with E-state index >= 15 is 0 Å². The fourth-order valence-corrected chi connectivity index (χ4v) is 5.15. The summed E-state index contributed by atoms with van der Waals surface area (Å²) in [6.07, 6.45) is 9.80. The van der Waals surface area contributed by atoms with Gasteiger partial charge in [0.1, 0.15) is 4.83 Å². The van der Waals surface area contributed by atoms with Crippen molar-refractivity contribution in [1.29, 1.82) is 0 Å². The number of hydrogen-bond donors (Lipinski definition) is 2. The molecule has 36 heavy (non-hydrogen) atoms. The normalized spacial score (nSPS) is 16.4. The fourth-order valence-electron chi connectivity index (χ4n) is 4.12. The quantitative estimate of drug-likeness (QED) is 0.394. The molecule has 1 fully saturated rings. The van der Waals surface area contributed by atoms with Crippen LogP contribution < -0.4 is 10.6 Å². The van der Waals surface area contributed by atoms with E-state index in [9.17, 15) is 9.59 Å². The van der Waals surface area contributed by atoms with Crippen molar-refractivity contribution in [3.05, 3.63) is 48.3 Å². The van der Waals surface area contributed by atoms with Gasteiger partial charge in [-0.05, 0) is 19.4 Å². The molecule has 188 valence electrons. The molecule has 1 atom stereocenters. The van der Waals surface area contributed by atoms with E-state index < -0.39 is 0 Å². The topological polar surface area (TPSA) is 119 Å². The number of ether oxygens (including phenoxy) is 1. The van der Waals surface area contributed by atoms with Crippen molar-refractivity contribution >= 4 is 39.4 Å². The van der Waals surface area contributed by atoms with E-state index in [1.807, 2.05) is 19.4 Å². The number of carbonyl (C=O) groups is 2. The number of pyridine rings is 1. The lowest BCUT2D eigenvalue weighted by atomic mass is 10.2. The Kier molecular flexibility index (Phi) is 6.81. The van der Waals surface area contributed by atoms with E-state index in [-0.39, 0.29) is 24.5 Å². The lowest BCUT2D eigenvalue weighted by Crippen LogP contribution is -2.45. The molecule has 1 saturated heterocycles. The number of amides is 2. The number of nitrogens with zero attached hydrogens (tertiary/aromatic N) is 6. The second-order valence-electron chi connectivity index (χ2n) is 8.80. The standard InChI is InChI=1S/C24H28N8O3S/c1-4-18-12-31(5-6-35-18)14-22(33)28-17-7-20(15(2)25-9-17)29-23(34)19-10-27-32-13-21(36-24(19)32)16-8-26-30(3)11-16/h7-11,13,18H,4-6,12,14H2,1-3H3,(H,28,33)(H,29,34)/t18-/m0/s1. The number of morpholine rings is 1. The van der Waals surface area contributed by atoms with Gasteiger partial charge < -0.3 is 15.4 Å². The van der Waals surface area contributed by atoms with Crippen LogP contribution in [0.15, 0.2) is 37.1 Å². The van der Waals surface area contributed by atoms with Crippen LogP contribution in [0.3, 0.4) is 0 Å². The Morgan fingerprint density at radius 1 is 1.19 bits per heavy atom. The molecule has 5 rings (SSSR count). The van der Waals surface area contributed by atoms with Crippen LogP contribution in [0.4, 0.5) is 11.4 Å². The molecule has 2 N–H and O–H groups in total. The zero-order valence-electron chi connectivity index (χ0n) is 20.4. The second kappa shape index (κ2) is 10.2. The van der Waals surface area contributed by atoms with Crippen LogP contribution in [0.2, 0.25) is 0 Å². The van der Waals surface area contributed by atoms with E-state index in [1.54, 1.807) is 40.8 Å². The fraction of sp³-hybridized carbons (Fsp3) is 0.375. The van der Waals surface area contributed by atoms with E-state index in [0.717, 1.165) is 34.8 Å². The third-order valence-corrected chi connectivity index (χ3v) is 7.26. The smallest absolute Gasteiger partial charge is 0.260 e. The Labute approximate surface area is 212 Å². The van der Waals surface area contributed by atoms with Crippen LogP contribution in [0.25, 0.3) is 15.3 Å². The molecule has 0 saturated carbocycles. The number of aromatic nitrogens is 5. The van der Waals surface area contributed by atoms with Crippen LogP contribution in [-0.2, 0) is 16.6 Å². The third-order valence-electron chi connectivity index (χ3n) is 6.09. The maximum Gasteiger partial charge on any atom is 0.260 e. The van der Waals surface area contributed by atoms with Crippen molar-refractivity contribution in [3.63, 3.8) is 0 Å². The van der Waals surface area contributed by atoms with Gasteiger partial charge in [0.05, 0.1) is 65.4 Å². The number of carbonyl (C=O) groups excluding carboxylic acids is 2. The molecule has 4 aromatic rings. The highest BCUT2D eigenvalue weighted by Crippen LogP contribution is 2.30. The molecule has 0 radical (unpaired) electrons. The summed E-state index contributed by atoms with van der Waals surface area (Å²) in [5.41, 5.74) is 3.12. The first-order valence-corrected chi connectivity index (χ1v) is 12.6. The second-order valence-corrected chi connectivity index (χ2v) is 9.83. The summed E-state index contributed by atoms with van der Waals surface area (Å²) in [5, 5.41) is 14.4. The van der Waals surface area contributed by atoms with Crippen molar-refractivity contribution in [3.8, 4) is 10.4 Å². The average molecular weight is 509 g/mol. The first kappa shape index (κ1) is 24.1. The van der Waals surface area contributed by atoms with E-state index in [2.05, 4.69) is 37.6 Å². The molecular formula is C24H28N8O3S. The number of anilines is 2. The molecule has 0 aromatic carbocycles. The van der Waals surface area contributed by atoms with Crippen molar-refractivity contribution < 1.29 is 14.3 Å². The Bertz CT molecular complexity index is 1410. The van der Waals surface area contributed by atoms with Gasteiger partial charge in [-0.3, -0.25) is 24.2 Å². The highest BCUT2D eigenvalue weighted by Gasteiger charge is 2.21. The van der Waals surface area contributed by atoms with Gasteiger partial charge in [0.25, 0.3) is 5.91 Å². The summed E-state index contributed by atoms with van der Waals surface area (Å²) in [6, 6.07) is 1.72. The summed E-state index contributed by atoms with van der Waals surface area (Å²) in [4.78, 5) is 33.9. The van der Waals surface area contributed by atoms with Gasteiger partial charge in [0.2, 0.25) is 5.91 Å². The molecule has 1 aliphatic heterocycles. The molecule has 0 spiro atoms. The van der Waals surface area contributed by atoms with E-state index in [4.69, 9.17) is 4.74 Å². The summed E-state index contributed by atoms with van der Waals surface area (Å²) < 4.78 is 9.10. The first-order valence-electron chi connectivity index (χ1n) is 11.8. The molecular weight excluding hydrogens is 480 g/mol. The summed E-state index contributed by atoms with van der Waals surface area (Å²) >= 11 is 1.47. The van der Waals surface area contributed by atoms with Crippen LogP contribution >= 0.6 is 11.3 Å². The van der Waals surface area contributed by atoms with Crippen LogP contribution in [-0.4, -0.2) is 73.4 Å². The number of thiazole rings is 1. The average Bonchev–Trinajstić information content (AvgIpc) is 3.57. The van der Waals surface area contributed by atoms with Crippen molar-refractivity contribution in [2.75, 3.05) is 36.9 Å². The summed E-state index contributed by atoms with van der Waals surface area (Å²) in [6.45, 7) is 6.26. The Morgan fingerprint density at radius 3 is 2.83 bits per heavy atom. The predicted molar refractivity (Wildman–Crippen MR) is 137 cm³/mol. The molecule has 1 aliphatic rings. The van der Waals surface area contributed by atoms with Gasteiger partial charge in [0, 0.05) is 38.1 Å². The van der Waals surface area contributed by atoms with Gasteiger partial charge in [-0.2, -0.15) is 10.2 Å². The highest BCUT2D eigenvalue weighted by atomic mass is 32.1. The number of aryl methyl sites for hydroxylation is 2. The Balaban J connectivity index is 1.27. The Hall–Kier alpha value is -3.61. The molecule has 5 heterocycles. The summed E-state index contributed by atoms with van der Waals surface area (Å²) in [7, 11) is 1.86. The van der Waals surface area contributed by atoms with Crippen LogP contribution in [0, 0.1) is 6.92 Å². The minimum Gasteiger partial charge on any atom is -0.376 e. The van der Waals surface area contributed by atoms with Gasteiger partial charge in [0.15, 0.2) is 0 Å². The van der Waals surface area contributed by atoms with Crippen LogP contribution in [0.1, 0.15) is 29.4 Å². The molecule has 0 bridgehead atoms. The van der Waals surface area contributed by atoms with Crippen molar-refractivity contribution in [1.82, 2.24) is 29.3 Å². The maximum atomic E-state index is 13.1. The lowest BCUT2D eigenvalue weighted by Gasteiger charge is -2.31. The molecule has 0 unspecified atom stereocenters. The van der Waals surface area contributed by atoms with Gasteiger partial charge in [-0.15, -0.1) is 11.3 Å². The molecule has 2 amide bonds. The minimum atomic E-state index is -0.295. The molecule has 4 aromatic heterocycles. The van der Waals surface area contributed by atoms with Crippen LogP contribution in [0.5, 0.6) is 0 Å². The summed E-state index contributed by atoms with van der Waals surface area (Å²) in [5.74, 6) is -0.425. The third kappa shape index (κ3) is 5.15. The number of hydrogen-bond acceptors (Lipinski definition) is 8. The van der Waals surface area contributed by atoms with Crippen molar-refractivity contribution in [2.45, 2.75) is 26.4 Å². The number of rotatable bonds is 7. The molecule has 0 aliphatic carbocycles. The molecule has 12 heteroatoms. The monoisotopic (exact) mass is 508 g/mol. The zero-order chi connectivity index (χ0) is 25.2. The van der Waals surface area contributed by atoms with Gasteiger partial charge in [-0.1, -0.05) is 6.92 Å². The number of fused-ring (bicyclic) bond motifs is 1. The predicted octanol–water partition coefficient (Wildman–Crippen LogP) is 2.80. The molecule has 11 nitrogen and oxygen atoms in total. The zero-order valence-corrected chi connectivity index (χ0v) is 21.2. The minimum absolute atomic E-state index is 0.130. The highest BCUT2D eigenvalue weighted by molar-refractivity contribution is 7.21. The maximum absolute atomic E-state index is 13.1. The van der Waals surface area contributed by atoms with E-state index in [0.29, 0.717) is 29.2 Å². The lowest BCUT2D eigenvalue weighted by molar-refractivity contribution is -0.119. The SMILES string of the molecule is CC[C@H]1CN(CC(=O)Nc2cnc(C)c(NC(=O)c3cnn4cc(-c5cnn(C)c5)sc34)c2)CCO1. The largest absolute Gasteiger partial charge is 0.376 e. The number of nitrogens with one attached hydrogen (secondary N) is 2.